The molecule has 2 atom stereocenters. The maximum absolute atomic E-state index is 5.83. The van der Waals surface area contributed by atoms with Crippen molar-refractivity contribution in [1.82, 2.24) is 15.5 Å². The highest BCUT2D eigenvalue weighted by atomic mass is 16.5. The van der Waals surface area contributed by atoms with Gasteiger partial charge in [-0.25, -0.2) is 4.99 Å². The number of benzene rings is 1. The third-order valence-electron chi connectivity index (χ3n) is 4.12. The lowest BCUT2D eigenvalue weighted by Crippen LogP contribution is -2.44. The highest BCUT2D eigenvalue weighted by Crippen LogP contribution is 2.17. The molecular weight excluding hydrogens is 312 g/mol. The number of aliphatic imine (C=N–C) groups is 1. The Morgan fingerprint density at radius 2 is 1.92 bits per heavy atom. The minimum absolute atomic E-state index is 0.280. The Morgan fingerprint density at radius 1 is 1.24 bits per heavy atom. The average Bonchev–Trinajstić information content (AvgIpc) is 2.57. The van der Waals surface area contributed by atoms with Gasteiger partial charge in [0.05, 0.1) is 25.3 Å². The third kappa shape index (κ3) is 6.41. The molecule has 25 heavy (non-hydrogen) atoms. The molecule has 1 aliphatic rings. The molecule has 2 N–H and O–H groups in total. The standard InChI is InChI=1S/C20H30N4O/c1-5-11-22-20(21-6-2)23-12-18-9-7-8-10-19(18)15-24-13-16(3)25-17(4)14-24/h1,7-10,16-17H,6,11-15H2,2-4H3,(H2,21,22,23). The van der Waals surface area contributed by atoms with E-state index in [0.717, 1.165) is 32.1 Å². The van der Waals surface area contributed by atoms with E-state index in [1.54, 1.807) is 0 Å². The zero-order valence-corrected chi connectivity index (χ0v) is 15.6. The zero-order valence-electron chi connectivity index (χ0n) is 15.6. The fraction of sp³-hybridized carbons (Fsp3) is 0.550. The smallest absolute Gasteiger partial charge is 0.192 e. The molecule has 1 aromatic rings. The molecule has 1 fully saturated rings. The molecule has 5 heteroatoms. The minimum atomic E-state index is 0.280. The van der Waals surface area contributed by atoms with E-state index in [0.29, 0.717) is 13.1 Å². The van der Waals surface area contributed by atoms with Gasteiger partial charge in [-0.2, -0.15) is 0 Å². The number of guanidine groups is 1. The molecule has 1 aliphatic heterocycles. The number of ether oxygens (including phenoxy) is 1. The zero-order chi connectivity index (χ0) is 18.1. The van der Waals surface area contributed by atoms with Crippen LogP contribution in [0, 0.1) is 12.3 Å². The van der Waals surface area contributed by atoms with Crippen molar-refractivity contribution in [2.75, 3.05) is 26.2 Å². The Bertz CT molecular complexity index is 598. The molecule has 1 heterocycles. The Hall–Kier alpha value is -2.03. The van der Waals surface area contributed by atoms with Crippen molar-refractivity contribution in [3.8, 4) is 12.3 Å². The normalized spacial score (nSPS) is 21.6. The van der Waals surface area contributed by atoms with Gasteiger partial charge in [-0.05, 0) is 31.9 Å². The van der Waals surface area contributed by atoms with Crippen LogP contribution in [0.5, 0.6) is 0 Å². The van der Waals surface area contributed by atoms with E-state index in [-0.39, 0.29) is 12.2 Å². The van der Waals surface area contributed by atoms with Crippen LogP contribution in [0.4, 0.5) is 0 Å². The summed E-state index contributed by atoms with van der Waals surface area (Å²) < 4.78 is 5.83. The van der Waals surface area contributed by atoms with Crippen molar-refractivity contribution in [3.63, 3.8) is 0 Å². The second kappa shape index (κ2) is 10.1. The third-order valence-corrected chi connectivity index (χ3v) is 4.12. The average molecular weight is 342 g/mol. The largest absolute Gasteiger partial charge is 0.373 e. The molecule has 5 nitrogen and oxygen atoms in total. The maximum atomic E-state index is 5.83. The van der Waals surface area contributed by atoms with Gasteiger partial charge in [-0.3, -0.25) is 4.90 Å². The van der Waals surface area contributed by atoms with Gasteiger partial charge >= 0.3 is 0 Å². The van der Waals surface area contributed by atoms with E-state index in [9.17, 15) is 0 Å². The second-order valence-electron chi connectivity index (χ2n) is 6.47. The molecule has 0 spiro atoms. The molecule has 0 radical (unpaired) electrons. The minimum Gasteiger partial charge on any atom is -0.373 e. The van der Waals surface area contributed by atoms with E-state index >= 15 is 0 Å². The Balaban J connectivity index is 2.05. The topological polar surface area (TPSA) is 48.9 Å². The van der Waals surface area contributed by atoms with Crippen LogP contribution in [0.25, 0.3) is 0 Å². The highest BCUT2D eigenvalue weighted by Gasteiger charge is 2.22. The predicted molar refractivity (Wildman–Crippen MR) is 103 cm³/mol. The fourth-order valence-electron chi connectivity index (χ4n) is 3.16. The number of morpholine rings is 1. The molecule has 136 valence electrons. The Morgan fingerprint density at radius 3 is 2.56 bits per heavy atom. The molecule has 1 aromatic carbocycles. The summed E-state index contributed by atoms with van der Waals surface area (Å²) in [5.41, 5.74) is 2.56. The SMILES string of the molecule is C#CCNC(=NCc1ccccc1CN1CC(C)OC(C)C1)NCC. The Kier molecular flexibility index (Phi) is 7.77. The van der Waals surface area contributed by atoms with Crippen LogP contribution >= 0.6 is 0 Å². The predicted octanol–water partition coefficient (Wildman–Crippen LogP) is 1.98. The van der Waals surface area contributed by atoms with E-state index in [2.05, 4.69) is 64.6 Å². The number of hydrogen-bond donors (Lipinski definition) is 2. The maximum Gasteiger partial charge on any atom is 0.192 e. The molecule has 0 saturated carbocycles. The van der Waals surface area contributed by atoms with Crippen molar-refractivity contribution in [2.45, 2.75) is 46.1 Å². The summed E-state index contributed by atoms with van der Waals surface area (Å²) in [5, 5.41) is 6.35. The summed E-state index contributed by atoms with van der Waals surface area (Å²) in [6.07, 6.45) is 5.88. The van der Waals surface area contributed by atoms with Gasteiger partial charge in [0.25, 0.3) is 0 Å². The van der Waals surface area contributed by atoms with Gasteiger partial charge in [0, 0.05) is 26.2 Å². The molecular formula is C20H30N4O. The van der Waals surface area contributed by atoms with Crippen molar-refractivity contribution in [3.05, 3.63) is 35.4 Å². The van der Waals surface area contributed by atoms with Gasteiger partial charge in [0.15, 0.2) is 5.96 Å². The van der Waals surface area contributed by atoms with Crippen LogP contribution in [0.3, 0.4) is 0 Å². The summed E-state index contributed by atoms with van der Waals surface area (Å²) in [6.45, 7) is 11.1. The van der Waals surface area contributed by atoms with Crippen LogP contribution in [-0.4, -0.2) is 49.2 Å². The Labute approximate surface area is 151 Å². The van der Waals surface area contributed by atoms with E-state index < -0.39 is 0 Å². The molecule has 0 aromatic heterocycles. The lowest BCUT2D eigenvalue weighted by molar-refractivity contribution is -0.0705. The van der Waals surface area contributed by atoms with Gasteiger partial charge in [-0.15, -0.1) is 6.42 Å². The molecule has 0 bridgehead atoms. The van der Waals surface area contributed by atoms with Crippen LogP contribution in [0.15, 0.2) is 29.3 Å². The summed E-state index contributed by atoms with van der Waals surface area (Å²) in [7, 11) is 0. The van der Waals surface area contributed by atoms with Crippen molar-refractivity contribution in [1.29, 1.82) is 0 Å². The van der Waals surface area contributed by atoms with Gasteiger partial charge in [-0.1, -0.05) is 30.2 Å². The molecule has 2 rings (SSSR count). The summed E-state index contributed by atoms with van der Waals surface area (Å²) in [4.78, 5) is 7.12. The first kappa shape index (κ1) is 19.3. The van der Waals surface area contributed by atoms with E-state index in [4.69, 9.17) is 11.2 Å². The number of terminal acetylenes is 1. The first-order chi connectivity index (χ1) is 12.1. The first-order valence-electron chi connectivity index (χ1n) is 9.02. The van der Waals surface area contributed by atoms with Gasteiger partial charge in [0.2, 0.25) is 0 Å². The van der Waals surface area contributed by atoms with Gasteiger partial charge in [0.1, 0.15) is 0 Å². The van der Waals surface area contributed by atoms with Crippen LogP contribution in [0.2, 0.25) is 0 Å². The quantitative estimate of drug-likeness (QED) is 0.472. The highest BCUT2D eigenvalue weighted by molar-refractivity contribution is 5.80. The van der Waals surface area contributed by atoms with E-state index in [1.807, 2.05) is 6.92 Å². The van der Waals surface area contributed by atoms with Crippen molar-refractivity contribution < 1.29 is 4.74 Å². The second-order valence-corrected chi connectivity index (χ2v) is 6.47. The van der Waals surface area contributed by atoms with Crippen LogP contribution < -0.4 is 10.6 Å². The number of nitrogens with one attached hydrogen (secondary N) is 2. The van der Waals surface area contributed by atoms with Crippen LogP contribution in [0.1, 0.15) is 31.9 Å². The molecule has 1 saturated heterocycles. The first-order valence-corrected chi connectivity index (χ1v) is 9.02. The monoisotopic (exact) mass is 342 g/mol. The van der Waals surface area contributed by atoms with Crippen LogP contribution in [-0.2, 0) is 17.8 Å². The van der Waals surface area contributed by atoms with E-state index in [1.165, 1.54) is 11.1 Å². The van der Waals surface area contributed by atoms with Crippen molar-refractivity contribution >= 4 is 5.96 Å². The van der Waals surface area contributed by atoms with Crippen molar-refractivity contribution in [2.24, 2.45) is 4.99 Å². The number of nitrogens with zero attached hydrogens (tertiary/aromatic N) is 2. The molecule has 0 aliphatic carbocycles. The summed E-state index contributed by atoms with van der Waals surface area (Å²) in [6, 6.07) is 8.51. The summed E-state index contributed by atoms with van der Waals surface area (Å²) >= 11 is 0. The lowest BCUT2D eigenvalue weighted by atomic mass is 10.1. The number of rotatable bonds is 6. The lowest BCUT2D eigenvalue weighted by Gasteiger charge is -2.35. The summed E-state index contributed by atoms with van der Waals surface area (Å²) in [5.74, 6) is 3.33. The number of hydrogen-bond acceptors (Lipinski definition) is 3. The van der Waals surface area contributed by atoms with Gasteiger partial charge < -0.3 is 15.4 Å². The fourth-order valence-corrected chi connectivity index (χ4v) is 3.16. The molecule has 2 unspecified atom stereocenters. The molecule has 0 amide bonds.